The van der Waals surface area contributed by atoms with Gasteiger partial charge in [0.1, 0.15) is 5.75 Å². The van der Waals surface area contributed by atoms with Gasteiger partial charge < -0.3 is 20.0 Å². The first-order valence-electron chi connectivity index (χ1n) is 7.47. The summed E-state index contributed by atoms with van der Waals surface area (Å²) in [6, 6.07) is 6.34. The highest BCUT2D eigenvalue weighted by atomic mass is 31.2. The van der Waals surface area contributed by atoms with Crippen molar-refractivity contribution in [1.82, 2.24) is 5.09 Å². The Kier molecular flexibility index (Phi) is 5.62. The molecule has 8 heteroatoms. The van der Waals surface area contributed by atoms with Crippen LogP contribution >= 0.6 is 7.75 Å². The van der Waals surface area contributed by atoms with Gasteiger partial charge >= 0.3 is 7.75 Å². The molecule has 2 unspecified atom stereocenters. The van der Waals surface area contributed by atoms with E-state index in [0.717, 1.165) is 0 Å². The predicted octanol–water partition coefficient (Wildman–Crippen LogP) is 1.71. The van der Waals surface area contributed by atoms with Crippen molar-refractivity contribution in [2.24, 2.45) is 0 Å². The Bertz CT molecular complexity index is 736. The third-order valence-electron chi connectivity index (χ3n) is 3.88. The number of hydrogen-bond donors (Lipinski definition) is 5. The van der Waals surface area contributed by atoms with E-state index in [1.165, 1.54) is 24.3 Å². The Morgan fingerprint density at radius 3 is 2.62 bits per heavy atom. The summed E-state index contributed by atoms with van der Waals surface area (Å²) in [7, 11) is -4.60. The van der Waals surface area contributed by atoms with E-state index < -0.39 is 25.6 Å². The quantitative estimate of drug-likeness (QED) is 0.493. The molecule has 2 atom stereocenters. The van der Waals surface area contributed by atoms with Gasteiger partial charge in [-0.15, -0.1) is 0 Å². The number of hydrogen-bond acceptors (Lipinski definition) is 4. The number of phenolic OH excluding ortho intramolecular Hbond substituents is 1. The van der Waals surface area contributed by atoms with Crippen LogP contribution in [0.1, 0.15) is 31.2 Å². The molecule has 0 spiro atoms. The number of phenols is 1. The van der Waals surface area contributed by atoms with Crippen LogP contribution in [0.15, 0.2) is 47.7 Å². The van der Waals surface area contributed by atoms with E-state index in [-0.39, 0.29) is 23.4 Å². The Morgan fingerprint density at radius 1 is 1.33 bits per heavy atom. The molecule has 7 nitrogen and oxygen atoms in total. The van der Waals surface area contributed by atoms with E-state index in [0.29, 0.717) is 12.0 Å². The second-order valence-electron chi connectivity index (χ2n) is 5.57. The van der Waals surface area contributed by atoms with Crippen LogP contribution in [0.25, 0.3) is 0 Å². The molecule has 0 radical (unpaired) electrons. The van der Waals surface area contributed by atoms with Crippen molar-refractivity contribution in [2.75, 3.05) is 0 Å². The zero-order valence-electron chi connectivity index (χ0n) is 13.1. The first kappa shape index (κ1) is 18.4. The largest absolute Gasteiger partial charge is 0.508 e. The zero-order valence-corrected chi connectivity index (χ0v) is 14.0. The Balaban J connectivity index is 2.43. The molecule has 0 fully saturated rings. The van der Waals surface area contributed by atoms with Gasteiger partial charge in [-0.2, -0.15) is 0 Å². The van der Waals surface area contributed by atoms with Crippen LogP contribution in [0.3, 0.4) is 0 Å². The summed E-state index contributed by atoms with van der Waals surface area (Å²) < 4.78 is 11.2. The van der Waals surface area contributed by atoms with Crippen molar-refractivity contribution in [2.45, 2.75) is 31.8 Å². The standard InChI is InChI=1S/C16H20NO6P/c1-2-12(10-5-3-6-11(18)9-10)16(20)15-13(17-24(21,22)23)7-4-8-14(15)19/h3-6,8-9,12,16,18,20H,2,7H2,1H3,(H3,17,21,22,23). The molecule has 0 saturated carbocycles. The molecule has 1 aliphatic rings. The molecule has 0 bridgehead atoms. The predicted molar refractivity (Wildman–Crippen MR) is 88.1 cm³/mol. The maximum atomic E-state index is 12.2. The third kappa shape index (κ3) is 4.33. The number of aromatic hydroxyl groups is 1. The lowest BCUT2D eigenvalue weighted by atomic mass is 9.83. The van der Waals surface area contributed by atoms with E-state index in [2.05, 4.69) is 0 Å². The van der Waals surface area contributed by atoms with Gasteiger partial charge in [-0.05, 0) is 30.2 Å². The minimum absolute atomic E-state index is 0.0157. The van der Waals surface area contributed by atoms with Gasteiger partial charge in [0.15, 0.2) is 5.78 Å². The fourth-order valence-corrected chi connectivity index (χ4v) is 3.40. The molecular formula is C16H20NO6P. The number of aliphatic hydroxyl groups excluding tert-OH is 1. The highest BCUT2D eigenvalue weighted by Crippen LogP contribution is 2.37. The van der Waals surface area contributed by atoms with Gasteiger partial charge in [0, 0.05) is 23.6 Å². The first-order chi connectivity index (χ1) is 11.2. The molecule has 1 aliphatic carbocycles. The number of benzene rings is 1. The number of ketones is 1. The van der Waals surface area contributed by atoms with Crippen molar-refractivity contribution in [1.29, 1.82) is 0 Å². The van der Waals surface area contributed by atoms with Crippen LogP contribution in [-0.4, -0.2) is 31.9 Å². The van der Waals surface area contributed by atoms with Gasteiger partial charge in [-0.1, -0.05) is 25.1 Å². The van der Waals surface area contributed by atoms with E-state index in [9.17, 15) is 19.6 Å². The van der Waals surface area contributed by atoms with Gasteiger partial charge in [-0.25, -0.2) is 4.57 Å². The van der Waals surface area contributed by atoms with Crippen molar-refractivity contribution in [3.63, 3.8) is 0 Å². The molecule has 1 aromatic carbocycles. The number of carbonyl (C=O) groups excluding carboxylic acids is 1. The second-order valence-corrected chi connectivity index (χ2v) is 6.89. The molecule has 130 valence electrons. The number of nitrogens with one attached hydrogen (secondary N) is 1. The maximum Gasteiger partial charge on any atom is 0.427 e. The van der Waals surface area contributed by atoms with Gasteiger partial charge in [-0.3, -0.25) is 9.88 Å². The van der Waals surface area contributed by atoms with Crippen LogP contribution in [0.4, 0.5) is 0 Å². The lowest BCUT2D eigenvalue weighted by Gasteiger charge is -2.27. The number of allylic oxidation sites excluding steroid dienone is 2. The monoisotopic (exact) mass is 353 g/mol. The van der Waals surface area contributed by atoms with Crippen LogP contribution in [0.2, 0.25) is 0 Å². The summed E-state index contributed by atoms with van der Waals surface area (Å²) in [5.74, 6) is -0.963. The smallest absolute Gasteiger partial charge is 0.427 e. The van der Waals surface area contributed by atoms with Gasteiger partial charge in [0.05, 0.1) is 6.10 Å². The minimum Gasteiger partial charge on any atom is -0.508 e. The normalized spacial score (nSPS) is 17.8. The van der Waals surface area contributed by atoms with Crippen LogP contribution in [0, 0.1) is 0 Å². The molecule has 0 saturated heterocycles. The molecule has 24 heavy (non-hydrogen) atoms. The molecule has 5 N–H and O–H groups in total. The van der Waals surface area contributed by atoms with Gasteiger partial charge in [0.2, 0.25) is 0 Å². The highest BCUT2D eigenvalue weighted by Gasteiger charge is 2.32. The summed E-state index contributed by atoms with van der Waals surface area (Å²) in [6.45, 7) is 1.82. The maximum absolute atomic E-state index is 12.2. The van der Waals surface area contributed by atoms with Crippen molar-refractivity contribution < 1.29 is 29.4 Å². The van der Waals surface area contributed by atoms with E-state index in [4.69, 9.17) is 9.79 Å². The topological polar surface area (TPSA) is 127 Å². The molecule has 0 aliphatic heterocycles. The summed E-state index contributed by atoms with van der Waals surface area (Å²) in [4.78, 5) is 30.4. The van der Waals surface area contributed by atoms with E-state index >= 15 is 0 Å². The third-order valence-corrected chi connectivity index (χ3v) is 4.44. The Labute approximate surface area is 139 Å². The minimum atomic E-state index is -4.60. The molecule has 1 aromatic rings. The number of aliphatic hydroxyl groups is 1. The van der Waals surface area contributed by atoms with Crippen LogP contribution < -0.4 is 5.09 Å². The molecule has 0 heterocycles. The average Bonchev–Trinajstić information content (AvgIpc) is 2.46. The van der Waals surface area contributed by atoms with Crippen LogP contribution in [-0.2, 0) is 9.36 Å². The summed E-state index contributed by atoms with van der Waals surface area (Å²) >= 11 is 0. The first-order valence-corrected chi connectivity index (χ1v) is 9.09. The van der Waals surface area contributed by atoms with Crippen molar-refractivity contribution >= 4 is 13.5 Å². The molecule has 0 amide bonds. The Morgan fingerprint density at radius 2 is 2.04 bits per heavy atom. The lowest BCUT2D eigenvalue weighted by molar-refractivity contribution is -0.112. The summed E-state index contributed by atoms with van der Waals surface area (Å²) in [5.41, 5.74) is 0.591. The molecular weight excluding hydrogens is 333 g/mol. The van der Waals surface area contributed by atoms with E-state index in [1.807, 2.05) is 12.0 Å². The SMILES string of the molecule is CCC(c1cccc(O)c1)C(O)C1=C(NP(=O)(O)O)CC=CC1=O. The van der Waals surface area contributed by atoms with Crippen molar-refractivity contribution in [3.8, 4) is 5.75 Å². The Hall–Kier alpha value is -1.92. The van der Waals surface area contributed by atoms with Crippen LogP contribution in [0.5, 0.6) is 5.75 Å². The fraction of sp³-hybridized carbons (Fsp3) is 0.312. The summed E-state index contributed by atoms with van der Waals surface area (Å²) in [6.07, 6.45) is 2.07. The zero-order chi connectivity index (χ0) is 17.9. The summed E-state index contributed by atoms with van der Waals surface area (Å²) in [5, 5.41) is 22.4. The molecule has 0 aromatic heterocycles. The molecule has 2 rings (SSSR count). The van der Waals surface area contributed by atoms with E-state index in [1.54, 1.807) is 12.1 Å². The lowest BCUT2D eigenvalue weighted by Crippen LogP contribution is -2.30. The highest BCUT2D eigenvalue weighted by molar-refractivity contribution is 7.49. The average molecular weight is 353 g/mol. The number of carbonyl (C=O) groups is 1. The second kappa shape index (κ2) is 7.32. The van der Waals surface area contributed by atoms with Crippen molar-refractivity contribution in [3.05, 3.63) is 53.3 Å². The number of rotatable bonds is 6. The van der Waals surface area contributed by atoms with Gasteiger partial charge in [0.25, 0.3) is 0 Å². The fourth-order valence-electron chi connectivity index (χ4n) is 2.84.